The lowest BCUT2D eigenvalue weighted by Crippen LogP contribution is -2.09. The number of aromatic amines is 1. The van der Waals surface area contributed by atoms with Crippen LogP contribution < -0.4 is 4.74 Å². The Hall–Kier alpha value is -3.09. The first-order valence-corrected chi connectivity index (χ1v) is 7.27. The Balaban J connectivity index is 2.56. The van der Waals surface area contributed by atoms with Gasteiger partial charge in [-0.15, -0.1) is 0 Å². The van der Waals surface area contributed by atoms with Crippen molar-refractivity contribution in [2.24, 2.45) is 0 Å². The van der Waals surface area contributed by atoms with Crippen LogP contribution >= 0.6 is 0 Å². The molecule has 24 heavy (non-hydrogen) atoms. The van der Waals surface area contributed by atoms with Crippen molar-refractivity contribution in [1.82, 2.24) is 9.97 Å². The summed E-state index contributed by atoms with van der Waals surface area (Å²) in [5.41, 5.74) is 1.04. The van der Waals surface area contributed by atoms with Crippen LogP contribution in [0.25, 0.3) is 17.0 Å². The van der Waals surface area contributed by atoms with E-state index in [0.29, 0.717) is 12.4 Å². The third kappa shape index (κ3) is 3.81. The summed E-state index contributed by atoms with van der Waals surface area (Å²) in [6, 6.07) is 9.33. The highest BCUT2D eigenvalue weighted by Gasteiger charge is 2.23. The Labute approximate surface area is 139 Å². The maximum atomic E-state index is 12.1. The Morgan fingerprint density at radius 3 is 2.46 bits per heavy atom. The number of nitrogens with zero attached hydrogens (tertiary/aromatic N) is 1. The van der Waals surface area contributed by atoms with Crippen LogP contribution in [0.4, 0.5) is 0 Å². The quantitative estimate of drug-likeness (QED) is 0.645. The van der Waals surface area contributed by atoms with Crippen LogP contribution in [0.1, 0.15) is 12.6 Å². The molecule has 0 atom stereocenters. The van der Waals surface area contributed by atoms with Crippen LogP contribution in [0.15, 0.2) is 36.4 Å². The minimum absolute atomic E-state index is 0.0255. The number of benzene rings is 1. The van der Waals surface area contributed by atoms with E-state index in [1.54, 1.807) is 6.92 Å². The first-order chi connectivity index (χ1) is 11.6. The Morgan fingerprint density at radius 1 is 1.17 bits per heavy atom. The van der Waals surface area contributed by atoms with Gasteiger partial charge in [-0.1, -0.05) is 30.3 Å². The maximum Gasteiger partial charge on any atom is 0.340 e. The molecular weight excluding hydrogens is 312 g/mol. The van der Waals surface area contributed by atoms with Gasteiger partial charge in [0.1, 0.15) is 11.5 Å². The number of esters is 2. The van der Waals surface area contributed by atoms with E-state index in [1.807, 2.05) is 30.3 Å². The number of hydrogen-bond acceptors (Lipinski definition) is 6. The number of rotatable bonds is 6. The summed E-state index contributed by atoms with van der Waals surface area (Å²) in [6.07, 6.45) is 1.04. The summed E-state index contributed by atoms with van der Waals surface area (Å²) in [7, 11) is 2.45. The first kappa shape index (κ1) is 17.3. The van der Waals surface area contributed by atoms with Crippen LogP contribution in [-0.4, -0.2) is 42.7 Å². The summed E-state index contributed by atoms with van der Waals surface area (Å²) < 4.78 is 14.8. The summed E-state index contributed by atoms with van der Waals surface area (Å²) in [4.78, 5) is 31.0. The molecule has 0 aliphatic carbocycles. The topological polar surface area (TPSA) is 90.5 Å². The zero-order valence-electron chi connectivity index (χ0n) is 13.7. The zero-order valence-corrected chi connectivity index (χ0v) is 13.7. The molecule has 0 unspecified atom stereocenters. The molecular formula is C17H18N2O5. The predicted molar refractivity (Wildman–Crippen MR) is 87.2 cm³/mol. The Kier molecular flexibility index (Phi) is 5.73. The molecule has 0 spiro atoms. The van der Waals surface area contributed by atoms with Gasteiger partial charge in [0.05, 0.1) is 26.4 Å². The molecule has 0 aliphatic heterocycles. The Morgan fingerprint density at radius 2 is 1.88 bits per heavy atom. The Bertz CT molecular complexity index is 750. The van der Waals surface area contributed by atoms with Crippen molar-refractivity contribution in [3.63, 3.8) is 0 Å². The predicted octanol–water partition coefficient (Wildman–Crippen LogP) is 2.20. The third-order valence-corrected chi connectivity index (χ3v) is 3.14. The number of aromatic nitrogens is 2. The fraction of sp³-hybridized carbons (Fsp3) is 0.235. The van der Waals surface area contributed by atoms with Crippen molar-refractivity contribution in [3.8, 4) is 17.3 Å². The van der Waals surface area contributed by atoms with Gasteiger partial charge in [-0.3, -0.25) is 0 Å². The molecule has 1 aromatic carbocycles. The van der Waals surface area contributed by atoms with Gasteiger partial charge < -0.3 is 19.2 Å². The van der Waals surface area contributed by atoms with Crippen molar-refractivity contribution in [2.45, 2.75) is 6.92 Å². The van der Waals surface area contributed by atoms with Crippen molar-refractivity contribution in [3.05, 3.63) is 42.1 Å². The van der Waals surface area contributed by atoms with Gasteiger partial charge in [-0.2, -0.15) is 4.98 Å². The number of ether oxygens (including phenoxy) is 3. The maximum absolute atomic E-state index is 12.1. The molecule has 7 heteroatoms. The van der Waals surface area contributed by atoms with Gasteiger partial charge in [-0.25, -0.2) is 9.59 Å². The smallest absolute Gasteiger partial charge is 0.340 e. The molecule has 7 nitrogen and oxygen atoms in total. The van der Waals surface area contributed by atoms with Gasteiger partial charge in [0.15, 0.2) is 0 Å². The number of methoxy groups -OCH3 is 2. The van der Waals surface area contributed by atoms with E-state index in [9.17, 15) is 9.59 Å². The lowest BCUT2D eigenvalue weighted by atomic mass is 10.2. The highest BCUT2D eigenvalue weighted by Crippen LogP contribution is 2.29. The number of carbonyl (C=O) groups excluding carboxylic acids is 2. The highest BCUT2D eigenvalue weighted by molar-refractivity contribution is 6.20. The summed E-state index contributed by atoms with van der Waals surface area (Å²) in [5.74, 6) is -0.677. The van der Waals surface area contributed by atoms with Gasteiger partial charge in [0.25, 0.3) is 0 Å². The molecule has 1 aromatic heterocycles. The second kappa shape index (κ2) is 7.96. The van der Waals surface area contributed by atoms with Crippen LogP contribution in [0, 0.1) is 0 Å². The lowest BCUT2D eigenvalue weighted by Gasteiger charge is -2.06. The van der Waals surface area contributed by atoms with E-state index in [4.69, 9.17) is 9.47 Å². The molecule has 0 fully saturated rings. The SMILES string of the molecule is CCOc1nc(-c2ccccc2)[nH]c1/C(=C\C(=O)OC)C(=O)OC. The van der Waals surface area contributed by atoms with E-state index >= 15 is 0 Å². The molecule has 0 amide bonds. The molecule has 1 heterocycles. The van der Waals surface area contributed by atoms with Crippen LogP contribution in [0.2, 0.25) is 0 Å². The van der Waals surface area contributed by atoms with Crippen LogP contribution in [0.3, 0.4) is 0 Å². The largest absolute Gasteiger partial charge is 0.476 e. The van der Waals surface area contributed by atoms with Gasteiger partial charge in [0, 0.05) is 11.6 Å². The monoisotopic (exact) mass is 330 g/mol. The molecule has 126 valence electrons. The number of carbonyl (C=O) groups is 2. The minimum atomic E-state index is -0.704. The number of H-pyrrole nitrogens is 1. The van der Waals surface area contributed by atoms with E-state index in [1.165, 1.54) is 14.2 Å². The molecule has 2 rings (SSSR count). The normalized spacial score (nSPS) is 11.0. The molecule has 0 aliphatic rings. The second-order valence-corrected chi connectivity index (χ2v) is 4.64. The van der Waals surface area contributed by atoms with E-state index in [-0.39, 0.29) is 17.1 Å². The van der Waals surface area contributed by atoms with E-state index < -0.39 is 11.9 Å². The molecule has 0 saturated carbocycles. The second-order valence-electron chi connectivity index (χ2n) is 4.64. The summed E-state index contributed by atoms with van der Waals surface area (Å²) >= 11 is 0. The number of imidazole rings is 1. The molecule has 2 aromatic rings. The van der Waals surface area contributed by atoms with Crippen molar-refractivity contribution in [2.75, 3.05) is 20.8 Å². The molecule has 0 bridgehead atoms. The van der Waals surface area contributed by atoms with Gasteiger partial charge in [-0.05, 0) is 6.92 Å². The third-order valence-electron chi connectivity index (χ3n) is 3.14. The van der Waals surface area contributed by atoms with Gasteiger partial charge in [0.2, 0.25) is 5.88 Å². The highest BCUT2D eigenvalue weighted by atomic mass is 16.5. The molecule has 0 radical (unpaired) electrons. The van der Waals surface area contributed by atoms with Crippen molar-refractivity contribution >= 4 is 17.5 Å². The molecule has 1 N–H and O–H groups in total. The fourth-order valence-electron chi connectivity index (χ4n) is 2.03. The zero-order chi connectivity index (χ0) is 17.5. The average molecular weight is 330 g/mol. The lowest BCUT2D eigenvalue weighted by molar-refractivity contribution is -0.136. The number of hydrogen-bond donors (Lipinski definition) is 1. The number of nitrogens with one attached hydrogen (secondary N) is 1. The first-order valence-electron chi connectivity index (χ1n) is 7.27. The summed E-state index contributed by atoms with van der Waals surface area (Å²) in [5, 5.41) is 0. The standard InChI is InChI=1S/C17H18N2O5/c1-4-24-16-14(12(17(21)23-3)10-13(20)22-2)18-15(19-16)11-8-6-5-7-9-11/h5-10H,4H2,1-3H3,(H,18,19)/b12-10+. The summed E-state index contributed by atoms with van der Waals surface area (Å²) in [6.45, 7) is 2.14. The average Bonchev–Trinajstić information content (AvgIpc) is 3.03. The molecule has 0 saturated heterocycles. The van der Waals surface area contributed by atoms with Crippen molar-refractivity contribution < 1.29 is 23.8 Å². The van der Waals surface area contributed by atoms with Gasteiger partial charge >= 0.3 is 11.9 Å². The van der Waals surface area contributed by atoms with E-state index in [2.05, 4.69) is 14.7 Å². The van der Waals surface area contributed by atoms with E-state index in [0.717, 1.165) is 11.6 Å². The minimum Gasteiger partial charge on any atom is -0.476 e. The fourth-order valence-corrected chi connectivity index (χ4v) is 2.03. The van der Waals surface area contributed by atoms with Crippen LogP contribution in [0.5, 0.6) is 5.88 Å². The van der Waals surface area contributed by atoms with Crippen LogP contribution in [-0.2, 0) is 19.1 Å². The van der Waals surface area contributed by atoms with Crippen molar-refractivity contribution in [1.29, 1.82) is 0 Å².